The average molecular weight is 297 g/mol. The molecule has 0 amide bonds. The summed E-state index contributed by atoms with van der Waals surface area (Å²) in [5.41, 5.74) is 7.64. The third-order valence-corrected chi connectivity index (χ3v) is 4.54. The van der Waals surface area contributed by atoms with E-state index in [4.69, 9.17) is 22.1 Å². The van der Waals surface area contributed by atoms with Crippen LogP contribution in [0.2, 0.25) is 5.02 Å². The molecule has 1 heterocycles. The molecule has 1 fully saturated rings. The van der Waals surface area contributed by atoms with Crippen LogP contribution in [0.4, 0.5) is 0 Å². The van der Waals surface area contributed by atoms with Gasteiger partial charge in [-0.05, 0) is 37.0 Å². The van der Waals surface area contributed by atoms with Crippen molar-refractivity contribution in [1.82, 2.24) is 4.90 Å². The fourth-order valence-corrected chi connectivity index (χ4v) is 3.13. The van der Waals surface area contributed by atoms with Gasteiger partial charge in [0.2, 0.25) is 0 Å². The average Bonchev–Trinajstić information content (AvgIpc) is 2.50. The van der Waals surface area contributed by atoms with Gasteiger partial charge in [0.05, 0.1) is 6.10 Å². The number of likely N-dealkylation sites (tertiary alicyclic amines) is 1. The summed E-state index contributed by atoms with van der Waals surface area (Å²) in [6.45, 7) is 4.23. The lowest BCUT2D eigenvalue weighted by Gasteiger charge is -2.40. The summed E-state index contributed by atoms with van der Waals surface area (Å²) >= 11 is 5.99. The molecule has 0 bridgehead atoms. The number of nitrogens with zero attached hydrogens (tertiary/aromatic N) is 1. The number of nitrogens with two attached hydrogens (primary N) is 1. The van der Waals surface area contributed by atoms with E-state index in [1.165, 1.54) is 5.56 Å². The van der Waals surface area contributed by atoms with Gasteiger partial charge in [0.25, 0.3) is 0 Å². The zero-order valence-corrected chi connectivity index (χ0v) is 13.1. The summed E-state index contributed by atoms with van der Waals surface area (Å²) in [6.07, 6.45) is 3.53. The van der Waals surface area contributed by atoms with E-state index in [2.05, 4.69) is 24.0 Å². The van der Waals surface area contributed by atoms with Crippen molar-refractivity contribution in [1.29, 1.82) is 0 Å². The standard InChI is InChI=1S/C16H25ClN2O/c1-3-15(18)16(12-4-6-13(17)7-5-12)19-10-8-14(20-2)9-11-19/h4-7,14-16H,3,8-11,18H2,1-2H3. The summed E-state index contributed by atoms with van der Waals surface area (Å²) in [7, 11) is 1.80. The molecule has 0 spiro atoms. The maximum Gasteiger partial charge on any atom is 0.0595 e. The van der Waals surface area contributed by atoms with E-state index in [0.29, 0.717) is 6.10 Å². The molecule has 4 heteroatoms. The van der Waals surface area contributed by atoms with Crippen LogP contribution in [0, 0.1) is 0 Å². The van der Waals surface area contributed by atoms with Crippen LogP contribution >= 0.6 is 11.6 Å². The van der Waals surface area contributed by atoms with Crippen LogP contribution in [0.5, 0.6) is 0 Å². The van der Waals surface area contributed by atoms with Crippen molar-refractivity contribution >= 4 is 11.6 Å². The quantitative estimate of drug-likeness (QED) is 0.906. The first-order chi connectivity index (χ1) is 9.65. The minimum atomic E-state index is 0.148. The third-order valence-electron chi connectivity index (χ3n) is 4.29. The van der Waals surface area contributed by atoms with Crippen molar-refractivity contribution in [2.45, 2.75) is 44.4 Å². The van der Waals surface area contributed by atoms with E-state index >= 15 is 0 Å². The molecule has 1 aliphatic rings. The number of benzene rings is 1. The molecule has 0 aliphatic carbocycles. The van der Waals surface area contributed by atoms with Crippen LogP contribution in [0.25, 0.3) is 0 Å². The first-order valence-corrected chi connectivity index (χ1v) is 7.81. The molecule has 2 rings (SSSR count). The minimum Gasteiger partial charge on any atom is -0.381 e. The van der Waals surface area contributed by atoms with Crippen LogP contribution in [0.1, 0.15) is 37.8 Å². The predicted octanol–water partition coefficient (Wildman–Crippen LogP) is 3.23. The zero-order valence-electron chi connectivity index (χ0n) is 12.4. The minimum absolute atomic E-state index is 0.148. The Bertz CT molecular complexity index is 401. The second-order valence-corrected chi connectivity index (χ2v) is 5.98. The second kappa shape index (κ2) is 7.41. The molecule has 2 N–H and O–H groups in total. The van der Waals surface area contributed by atoms with Gasteiger partial charge >= 0.3 is 0 Å². The van der Waals surface area contributed by atoms with Crippen LogP contribution < -0.4 is 5.73 Å². The van der Waals surface area contributed by atoms with Gasteiger partial charge in [0.15, 0.2) is 0 Å². The van der Waals surface area contributed by atoms with Gasteiger partial charge in [-0.2, -0.15) is 0 Å². The maximum atomic E-state index is 6.38. The number of halogens is 1. The van der Waals surface area contributed by atoms with Crippen LogP contribution in [0.15, 0.2) is 24.3 Å². The van der Waals surface area contributed by atoms with Crippen LogP contribution in [0.3, 0.4) is 0 Å². The molecule has 0 aromatic heterocycles. The summed E-state index contributed by atoms with van der Waals surface area (Å²) in [5, 5.41) is 0.774. The highest BCUT2D eigenvalue weighted by molar-refractivity contribution is 6.30. The van der Waals surface area contributed by atoms with E-state index in [1.54, 1.807) is 7.11 Å². The normalized spacial score (nSPS) is 20.8. The van der Waals surface area contributed by atoms with Crippen molar-refractivity contribution in [3.8, 4) is 0 Å². The third kappa shape index (κ3) is 3.73. The van der Waals surface area contributed by atoms with Crippen LogP contribution in [-0.4, -0.2) is 37.2 Å². The Balaban J connectivity index is 2.14. The highest BCUT2D eigenvalue weighted by Gasteiger charge is 2.29. The van der Waals surface area contributed by atoms with Gasteiger partial charge in [-0.25, -0.2) is 0 Å². The van der Waals surface area contributed by atoms with Crippen molar-refractivity contribution in [2.75, 3.05) is 20.2 Å². The Hall–Kier alpha value is -0.610. The van der Waals surface area contributed by atoms with E-state index in [9.17, 15) is 0 Å². The molecule has 112 valence electrons. The van der Waals surface area contributed by atoms with Gasteiger partial charge in [-0.15, -0.1) is 0 Å². The molecule has 3 nitrogen and oxygen atoms in total. The Kier molecular flexibility index (Phi) is 5.85. The number of ether oxygens (including phenoxy) is 1. The first kappa shape index (κ1) is 15.8. The van der Waals surface area contributed by atoms with E-state index in [0.717, 1.165) is 37.4 Å². The summed E-state index contributed by atoms with van der Waals surface area (Å²) < 4.78 is 5.45. The predicted molar refractivity (Wildman–Crippen MR) is 84.1 cm³/mol. The Morgan fingerprint density at radius 2 is 1.90 bits per heavy atom. The lowest BCUT2D eigenvalue weighted by Crippen LogP contribution is -2.45. The fourth-order valence-electron chi connectivity index (χ4n) is 3.00. The Morgan fingerprint density at radius 1 is 1.30 bits per heavy atom. The van der Waals surface area contributed by atoms with E-state index in [-0.39, 0.29) is 12.1 Å². The number of methoxy groups -OCH3 is 1. The van der Waals surface area contributed by atoms with E-state index in [1.807, 2.05) is 12.1 Å². The summed E-state index contributed by atoms with van der Waals surface area (Å²) in [6, 6.07) is 8.53. The van der Waals surface area contributed by atoms with Crippen molar-refractivity contribution < 1.29 is 4.74 Å². The van der Waals surface area contributed by atoms with Gasteiger partial charge in [0.1, 0.15) is 0 Å². The maximum absolute atomic E-state index is 6.38. The van der Waals surface area contributed by atoms with Gasteiger partial charge in [-0.3, -0.25) is 4.90 Å². The number of piperidine rings is 1. The zero-order chi connectivity index (χ0) is 14.5. The number of rotatable bonds is 5. The largest absolute Gasteiger partial charge is 0.381 e. The number of hydrogen-bond acceptors (Lipinski definition) is 3. The SMILES string of the molecule is CCC(N)C(c1ccc(Cl)cc1)N1CCC(OC)CC1. The molecule has 0 radical (unpaired) electrons. The molecule has 1 aliphatic heterocycles. The van der Waals surface area contributed by atoms with Crippen molar-refractivity contribution in [3.63, 3.8) is 0 Å². The molecule has 0 saturated carbocycles. The molecule has 20 heavy (non-hydrogen) atoms. The molecule has 2 atom stereocenters. The second-order valence-electron chi connectivity index (χ2n) is 5.54. The molecular weight excluding hydrogens is 272 g/mol. The number of hydrogen-bond donors (Lipinski definition) is 1. The summed E-state index contributed by atoms with van der Waals surface area (Å²) in [5.74, 6) is 0. The Morgan fingerprint density at radius 3 is 2.40 bits per heavy atom. The fraction of sp³-hybridized carbons (Fsp3) is 0.625. The smallest absolute Gasteiger partial charge is 0.0595 e. The van der Waals surface area contributed by atoms with Gasteiger partial charge < -0.3 is 10.5 Å². The molecule has 2 unspecified atom stereocenters. The van der Waals surface area contributed by atoms with Gasteiger partial charge in [0, 0.05) is 37.3 Å². The van der Waals surface area contributed by atoms with Crippen LogP contribution in [-0.2, 0) is 4.74 Å². The van der Waals surface area contributed by atoms with Crippen molar-refractivity contribution in [2.24, 2.45) is 5.73 Å². The lowest BCUT2D eigenvalue weighted by atomic mass is 9.94. The lowest BCUT2D eigenvalue weighted by molar-refractivity contribution is 0.0222. The topological polar surface area (TPSA) is 38.5 Å². The van der Waals surface area contributed by atoms with Gasteiger partial charge in [-0.1, -0.05) is 30.7 Å². The highest BCUT2D eigenvalue weighted by atomic mass is 35.5. The van der Waals surface area contributed by atoms with E-state index < -0.39 is 0 Å². The molecule has 1 aromatic carbocycles. The molecule has 1 aromatic rings. The van der Waals surface area contributed by atoms with Crippen molar-refractivity contribution in [3.05, 3.63) is 34.9 Å². The monoisotopic (exact) mass is 296 g/mol. The molecule has 1 saturated heterocycles. The first-order valence-electron chi connectivity index (χ1n) is 7.43. The Labute approximate surface area is 127 Å². The summed E-state index contributed by atoms with van der Waals surface area (Å²) in [4.78, 5) is 2.49. The highest BCUT2D eigenvalue weighted by Crippen LogP contribution is 2.29. The molecular formula is C16H25ClN2O.